The summed E-state index contributed by atoms with van der Waals surface area (Å²) >= 11 is 0. The second kappa shape index (κ2) is 7.59. The molecule has 2 bridgehead atoms. The van der Waals surface area contributed by atoms with Crippen LogP contribution in [0.25, 0.3) is 0 Å². The standard InChI is InChI=1S/C25H26FNO5/c1-15-6-7-16(8-18(15)26)31-11-23(30)27-25-12-24(13-25,14-25)10-20(29)22-9-19(28)17-4-2-3-5-21(17)32-22/h2-8,19,22,28H,9-14H2,1H3,(H,27,30)/t19-,22-,24?,25?/m1/s1. The summed E-state index contributed by atoms with van der Waals surface area (Å²) in [6.07, 6.45) is 1.58. The van der Waals surface area contributed by atoms with E-state index in [-0.39, 0.29) is 41.5 Å². The average molecular weight is 439 g/mol. The first-order valence-electron chi connectivity index (χ1n) is 10.9. The highest BCUT2D eigenvalue weighted by atomic mass is 19.1. The molecule has 0 spiro atoms. The van der Waals surface area contributed by atoms with Crippen molar-refractivity contribution >= 4 is 11.7 Å². The number of benzene rings is 2. The zero-order chi connectivity index (χ0) is 22.5. The maximum Gasteiger partial charge on any atom is 0.258 e. The van der Waals surface area contributed by atoms with Crippen LogP contribution in [-0.2, 0) is 9.59 Å². The summed E-state index contributed by atoms with van der Waals surface area (Å²) in [6.45, 7) is 1.49. The van der Waals surface area contributed by atoms with E-state index >= 15 is 0 Å². The summed E-state index contributed by atoms with van der Waals surface area (Å²) in [5.41, 5.74) is 0.891. The molecule has 3 aliphatic carbocycles. The van der Waals surface area contributed by atoms with Crippen LogP contribution in [0.1, 0.15) is 49.3 Å². The van der Waals surface area contributed by atoms with Gasteiger partial charge in [0, 0.05) is 30.0 Å². The topological polar surface area (TPSA) is 84.9 Å². The number of Topliss-reactive ketones (excluding diaryl/α,β-unsaturated/α-hetero) is 1. The summed E-state index contributed by atoms with van der Waals surface area (Å²) in [7, 11) is 0. The first-order chi connectivity index (χ1) is 15.3. The Labute approximate surface area is 185 Å². The predicted octanol–water partition coefficient (Wildman–Crippen LogP) is 3.40. The van der Waals surface area contributed by atoms with E-state index < -0.39 is 12.2 Å². The average Bonchev–Trinajstić information content (AvgIpc) is 2.72. The van der Waals surface area contributed by atoms with Crippen molar-refractivity contribution in [2.45, 2.75) is 56.8 Å². The molecule has 0 radical (unpaired) electrons. The van der Waals surface area contributed by atoms with Gasteiger partial charge >= 0.3 is 0 Å². The van der Waals surface area contributed by atoms with E-state index in [2.05, 4.69) is 5.32 Å². The van der Waals surface area contributed by atoms with Crippen LogP contribution in [0.5, 0.6) is 11.5 Å². The molecule has 1 heterocycles. The van der Waals surface area contributed by atoms with Crippen LogP contribution in [-0.4, -0.2) is 35.0 Å². The minimum absolute atomic E-state index is 0.00269. The van der Waals surface area contributed by atoms with Gasteiger partial charge in [0.2, 0.25) is 0 Å². The molecule has 7 heteroatoms. The molecule has 6 nitrogen and oxygen atoms in total. The minimum Gasteiger partial charge on any atom is -0.484 e. The van der Waals surface area contributed by atoms with Gasteiger partial charge in [-0.05, 0) is 49.3 Å². The molecule has 2 atom stereocenters. The van der Waals surface area contributed by atoms with Gasteiger partial charge in [-0.15, -0.1) is 0 Å². The van der Waals surface area contributed by atoms with Crippen molar-refractivity contribution in [1.29, 1.82) is 0 Å². The normalized spacial score (nSPS) is 29.6. The number of ether oxygens (including phenoxy) is 2. The fraction of sp³-hybridized carbons (Fsp3) is 0.440. The fourth-order valence-electron chi connectivity index (χ4n) is 5.54. The predicted molar refractivity (Wildman–Crippen MR) is 114 cm³/mol. The Kier molecular flexibility index (Phi) is 4.97. The lowest BCUT2D eigenvalue weighted by Gasteiger charge is -2.70. The maximum atomic E-state index is 13.6. The van der Waals surface area contributed by atoms with Crippen LogP contribution in [0.3, 0.4) is 0 Å². The molecule has 2 N–H and O–H groups in total. The Morgan fingerprint density at radius 1 is 1.22 bits per heavy atom. The maximum absolute atomic E-state index is 13.6. The molecule has 3 saturated carbocycles. The van der Waals surface area contributed by atoms with Gasteiger partial charge in [0.05, 0.1) is 6.10 Å². The van der Waals surface area contributed by atoms with E-state index in [9.17, 15) is 19.1 Å². The lowest BCUT2D eigenvalue weighted by molar-refractivity contribution is -0.175. The Morgan fingerprint density at radius 2 is 1.97 bits per heavy atom. The lowest BCUT2D eigenvalue weighted by atomic mass is 9.38. The highest BCUT2D eigenvalue weighted by molar-refractivity contribution is 5.85. The summed E-state index contributed by atoms with van der Waals surface area (Å²) < 4.78 is 24.8. The smallest absolute Gasteiger partial charge is 0.258 e. The number of aryl methyl sites for hydroxylation is 1. The van der Waals surface area contributed by atoms with Crippen molar-refractivity contribution in [1.82, 2.24) is 5.32 Å². The quantitative estimate of drug-likeness (QED) is 0.691. The van der Waals surface area contributed by atoms with E-state index in [1.165, 1.54) is 6.07 Å². The van der Waals surface area contributed by atoms with E-state index in [0.717, 1.165) is 24.8 Å². The monoisotopic (exact) mass is 439 g/mol. The molecule has 6 rings (SSSR count). The van der Waals surface area contributed by atoms with Crippen molar-refractivity contribution in [3.05, 3.63) is 59.4 Å². The number of aliphatic hydroxyl groups excluding tert-OH is 1. The summed E-state index contributed by atoms with van der Waals surface area (Å²) in [5.74, 6) is 0.272. The van der Waals surface area contributed by atoms with E-state index in [4.69, 9.17) is 9.47 Å². The number of para-hydroxylation sites is 1. The number of ketones is 1. The Bertz CT molecular complexity index is 1060. The van der Waals surface area contributed by atoms with Crippen LogP contribution < -0.4 is 14.8 Å². The Balaban J connectivity index is 1.09. The van der Waals surface area contributed by atoms with Crippen LogP contribution in [0, 0.1) is 18.2 Å². The molecule has 32 heavy (non-hydrogen) atoms. The van der Waals surface area contributed by atoms with Gasteiger partial charge in [-0.1, -0.05) is 24.3 Å². The van der Waals surface area contributed by atoms with Crippen molar-refractivity contribution < 1.29 is 28.6 Å². The third-order valence-electron chi connectivity index (χ3n) is 6.95. The molecule has 0 aromatic heterocycles. The molecule has 1 aliphatic heterocycles. The SMILES string of the molecule is Cc1ccc(OCC(=O)NC23CC(CC(=O)[C@H]4C[C@@H](O)c5ccccc5O4)(C2)C3)cc1F. The second-order valence-corrected chi connectivity index (χ2v) is 9.60. The molecule has 4 aliphatic rings. The zero-order valence-corrected chi connectivity index (χ0v) is 17.9. The number of carbonyl (C=O) groups is 2. The molecule has 168 valence electrons. The number of fused-ring (bicyclic) bond motifs is 1. The van der Waals surface area contributed by atoms with Gasteiger partial charge in [-0.3, -0.25) is 9.59 Å². The highest BCUT2D eigenvalue weighted by Gasteiger charge is 2.68. The number of rotatable bonds is 7. The van der Waals surface area contributed by atoms with Gasteiger partial charge in [0.15, 0.2) is 18.5 Å². The molecule has 3 fully saturated rings. The third-order valence-corrected chi connectivity index (χ3v) is 6.95. The Hall–Kier alpha value is -2.93. The molecule has 2 aromatic rings. The summed E-state index contributed by atoms with van der Waals surface area (Å²) in [4.78, 5) is 25.1. The van der Waals surface area contributed by atoms with Crippen molar-refractivity contribution in [2.75, 3.05) is 6.61 Å². The number of halogens is 1. The zero-order valence-electron chi connectivity index (χ0n) is 17.9. The highest BCUT2D eigenvalue weighted by Crippen LogP contribution is 2.69. The van der Waals surface area contributed by atoms with Crippen molar-refractivity contribution in [2.24, 2.45) is 5.41 Å². The van der Waals surface area contributed by atoms with Crippen LogP contribution in [0.2, 0.25) is 0 Å². The third kappa shape index (κ3) is 3.75. The molecule has 0 saturated heterocycles. The number of nitrogens with one attached hydrogen (secondary N) is 1. The first kappa shape index (κ1) is 20.9. The number of hydrogen-bond acceptors (Lipinski definition) is 5. The molecule has 1 amide bonds. The summed E-state index contributed by atoms with van der Waals surface area (Å²) in [6, 6.07) is 11.8. The minimum atomic E-state index is -0.699. The largest absolute Gasteiger partial charge is 0.484 e. The van der Waals surface area contributed by atoms with Gasteiger partial charge in [0.1, 0.15) is 17.3 Å². The second-order valence-electron chi connectivity index (χ2n) is 9.60. The molecule has 2 aromatic carbocycles. The van der Waals surface area contributed by atoms with Crippen molar-refractivity contribution in [3.8, 4) is 11.5 Å². The van der Waals surface area contributed by atoms with Crippen molar-refractivity contribution in [3.63, 3.8) is 0 Å². The van der Waals surface area contributed by atoms with Crippen LogP contribution >= 0.6 is 0 Å². The number of carbonyl (C=O) groups excluding carboxylic acids is 2. The van der Waals surface area contributed by atoms with E-state index in [1.807, 2.05) is 18.2 Å². The number of hydrogen-bond donors (Lipinski definition) is 2. The molecular formula is C25H26FNO5. The number of aliphatic hydroxyl groups is 1. The Morgan fingerprint density at radius 3 is 2.72 bits per heavy atom. The summed E-state index contributed by atoms with van der Waals surface area (Å²) in [5, 5.41) is 13.4. The van der Waals surface area contributed by atoms with Gasteiger partial charge in [-0.25, -0.2) is 4.39 Å². The number of amides is 1. The molecule has 0 unspecified atom stereocenters. The van der Waals surface area contributed by atoms with E-state index in [0.29, 0.717) is 23.5 Å². The first-order valence-corrected chi connectivity index (χ1v) is 10.9. The van der Waals surface area contributed by atoms with E-state index in [1.54, 1.807) is 25.1 Å². The van der Waals surface area contributed by atoms with Gasteiger partial charge in [-0.2, -0.15) is 0 Å². The van der Waals surface area contributed by atoms with Gasteiger partial charge in [0.25, 0.3) is 5.91 Å². The molecular weight excluding hydrogens is 413 g/mol. The fourth-order valence-corrected chi connectivity index (χ4v) is 5.54. The van der Waals surface area contributed by atoms with Crippen LogP contribution in [0.15, 0.2) is 42.5 Å². The van der Waals surface area contributed by atoms with Crippen LogP contribution in [0.4, 0.5) is 4.39 Å². The lowest BCUT2D eigenvalue weighted by Crippen LogP contribution is -2.75. The van der Waals surface area contributed by atoms with Gasteiger partial charge < -0.3 is 19.9 Å².